The SMILES string of the molecule is CCOc1ccc(/C=C/C(=O)Nc2cc(Br)ccc2OC)cc1OC. The standard InChI is InChI=1S/C19H20BrNO4/c1-4-25-17-8-5-13(11-18(17)24-3)6-10-19(22)21-15-12-14(20)7-9-16(15)23-2/h5-12H,4H2,1-3H3,(H,21,22)/b10-6+. The van der Waals surface area contributed by atoms with Crippen molar-refractivity contribution in [1.82, 2.24) is 0 Å². The lowest BCUT2D eigenvalue weighted by Crippen LogP contribution is -2.08. The third-order valence-corrected chi connectivity index (χ3v) is 3.83. The smallest absolute Gasteiger partial charge is 0.248 e. The van der Waals surface area contributed by atoms with Gasteiger partial charge in [0, 0.05) is 10.5 Å². The average Bonchev–Trinajstić information content (AvgIpc) is 2.61. The topological polar surface area (TPSA) is 56.8 Å². The zero-order valence-corrected chi connectivity index (χ0v) is 15.9. The molecular weight excluding hydrogens is 386 g/mol. The Balaban J connectivity index is 2.11. The summed E-state index contributed by atoms with van der Waals surface area (Å²) in [7, 11) is 3.14. The Labute approximate surface area is 155 Å². The normalized spacial score (nSPS) is 10.6. The molecule has 6 heteroatoms. The van der Waals surface area contributed by atoms with E-state index in [-0.39, 0.29) is 5.91 Å². The van der Waals surface area contributed by atoms with E-state index in [1.807, 2.05) is 31.2 Å². The summed E-state index contributed by atoms with van der Waals surface area (Å²) in [6.45, 7) is 2.47. The Kier molecular flexibility index (Phi) is 6.89. The number of ether oxygens (including phenoxy) is 3. The van der Waals surface area contributed by atoms with Gasteiger partial charge in [-0.15, -0.1) is 0 Å². The Bertz CT molecular complexity index is 774. The third kappa shape index (κ3) is 5.26. The van der Waals surface area contributed by atoms with E-state index in [0.717, 1.165) is 10.0 Å². The molecule has 0 heterocycles. The van der Waals surface area contributed by atoms with E-state index in [0.29, 0.717) is 29.5 Å². The van der Waals surface area contributed by atoms with Gasteiger partial charge < -0.3 is 19.5 Å². The minimum Gasteiger partial charge on any atom is -0.495 e. The van der Waals surface area contributed by atoms with E-state index in [4.69, 9.17) is 14.2 Å². The maximum absolute atomic E-state index is 12.2. The van der Waals surface area contributed by atoms with Gasteiger partial charge in [-0.3, -0.25) is 4.79 Å². The lowest BCUT2D eigenvalue weighted by Gasteiger charge is -2.10. The molecule has 1 N–H and O–H groups in total. The molecule has 0 spiro atoms. The molecule has 0 aromatic heterocycles. The van der Waals surface area contributed by atoms with Gasteiger partial charge in [-0.2, -0.15) is 0 Å². The van der Waals surface area contributed by atoms with Crippen molar-refractivity contribution in [3.8, 4) is 17.2 Å². The van der Waals surface area contributed by atoms with Gasteiger partial charge >= 0.3 is 0 Å². The second kappa shape index (κ2) is 9.13. The lowest BCUT2D eigenvalue weighted by molar-refractivity contribution is -0.111. The summed E-state index contributed by atoms with van der Waals surface area (Å²) in [4.78, 5) is 12.2. The van der Waals surface area contributed by atoms with Crippen LogP contribution in [0.1, 0.15) is 12.5 Å². The molecule has 0 aliphatic heterocycles. The van der Waals surface area contributed by atoms with Crippen LogP contribution in [-0.4, -0.2) is 26.7 Å². The predicted octanol–water partition coefficient (Wildman–Crippen LogP) is 4.52. The number of methoxy groups -OCH3 is 2. The zero-order chi connectivity index (χ0) is 18.2. The maximum Gasteiger partial charge on any atom is 0.248 e. The van der Waals surface area contributed by atoms with Crippen molar-refractivity contribution in [3.05, 3.63) is 52.5 Å². The number of halogens is 1. The highest BCUT2D eigenvalue weighted by molar-refractivity contribution is 9.10. The summed E-state index contributed by atoms with van der Waals surface area (Å²) in [5.41, 5.74) is 1.42. The largest absolute Gasteiger partial charge is 0.495 e. The van der Waals surface area contributed by atoms with Crippen molar-refractivity contribution in [2.45, 2.75) is 6.92 Å². The van der Waals surface area contributed by atoms with Gasteiger partial charge in [-0.1, -0.05) is 22.0 Å². The van der Waals surface area contributed by atoms with E-state index in [9.17, 15) is 4.79 Å². The van der Waals surface area contributed by atoms with Crippen LogP contribution in [0.2, 0.25) is 0 Å². The number of carbonyl (C=O) groups excluding carboxylic acids is 1. The molecule has 0 bridgehead atoms. The number of nitrogens with one attached hydrogen (secondary N) is 1. The average molecular weight is 406 g/mol. The molecule has 2 aromatic carbocycles. The van der Waals surface area contributed by atoms with Crippen molar-refractivity contribution >= 4 is 33.6 Å². The van der Waals surface area contributed by atoms with Gasteiger partial charge in [0.2, 0.25) is 5.91 Å². The molecule has 2 rings (SSSR count). The Hall–Kier alpha value is -2.47. The van der Waals surface area contributed by atoms with Crippen LogP contribution < -0.4 is 19.5 Å². The van der Waals surface area contributed by atoms with Crippen molar-refractivity contribution in [2.24, 2.45) is 0 Å². The lowest BCUT2D eigenvalue weighted by atomic mass is 10.2. The van der Waals surface area contributed by atoms with E-state index >= 15 is 0 Å². The minimum atomic E-state index is -0.260. The second-order valence-electron chi connectivity index (χ2n) is 5.01. The second-order valence-corrected chi connectivity index (χ2v) is 5.93. The number of carbonyl (C=O) groups is 1. The monoisotopic (exact) mass is 405 g/mol. The maximum atomic E-state index is 12.2. The number of hydrogen-bond acceptors (Lipinski definition) is 4. The van der Waals surface area contributed by atoms with Gasteiger partial charge in [0.25, 0.3) is 0 Å². The fourth-order valence-corrected chi connectivity index (χ4v) is 2.55. The molecule has 1 amide bonds. The molecule has 0 aliphatic rings. The molecule has 5 nitrogen and oxygen atoms in total. The highest BCUT2D eigenvalue weighted by atomic mass is 79.9. The van der Waals surface area contributed by atoms with Gasteiger partial charge in [-0.05, 0) is 48.9 Å². The number of rotatable bonds is 7. The van der Waals surface area contributed by atoms with Crippen LogP contribution in [0.4, 0.5) is 5.69 Å². The number of anilines is 1. The fourth-order valence-electron chi connectivity index (χ4n) is 2.19. The van der Waals surface area contributed by atoms with Crippen LogP contribution >= 0.6 is 15.9 Å². The minimum absolute atomic E-state index is 0.260. The predicted molar refractivity (Wildman–Crippen MR) is 103 cm³/mol. The van der Waals surface area contributed by atoms with Crippen molar-refractivity contribution < 1.29 is 19.0 Å². The van der Waals surface area contributed by atoms with E-state index in [1.165, 1.54) is 6.08 Å². The Morgan fingerprint density at radius 2 is 1.80 bits per heavy atom. The first-order valence-electron chi connectivity index (χ1n) is 7.70. The van der Waals surface area contributed by atoms with Crippen LogP contribution in [0, 0.1) is 0 Å². The molecule has 0 aliphatic carbocycles. The molecule has 0 fully saturated rings. The van der Waals surface area contributed by atoms with E-state index < -0.39 is 0 Å². The molecular formula is C19H20BrNO4. The van der Waals surface area contributed by atoms with Crippen LogP contribution in [0.5, 0.6) is 17.2 Å². The number of benzene rings is 2. The highest BCUT2D eigenvalue weighted by Crippen LogP contribution is 2.29. The molecule has 0 saturated heterocycles. The third-order valence-electron chi connectivity index (χ3n) is 3.33. The highest BCUT2D eigenvalue weighted by Gasteiger charge is 2.07. The summed E-state index contributed by atoms with van der Waals surface area (Å²) in [6, 6.07) is 10.9. The summed E-state index contributed by atoms with van der Waals surface area (Å²) < 4.78 is 16.9. The Morgan fingerprint density at radius 3 is 2.48 bits per heavy atom. The molecule has 0 unspecified atom stereocenters. The van der Waals surface area contributed by atoms with Gasteiger partial charge in [0.05, 0.1) is 26.5 Å². The summed E-state index contributed by atoms with van der Waals surface area (Å²) in [5.74, 6) is 1.63. The zero-order valence-electron chi connectivity index (χ0n) is 14.3. The quantitative estimate of drug-likeness (QED) is 0.688. The number of hydrogen-bond donors (Lipinski definition) is 1. The van der Waals surface area contributed by atoms with Crippen LogP contribution in [0.15, 0.2) is 46.9 Å². The first kappa shape index (κ1) is 18.9. The van der Waals surface area contributed by atoms with Crippen LogP contribution in [0.3, 0.4) is 0 Å². The van der Waals surface area contributed by atoms with E-state index in [1.54, 1.807) is 32.4 Å². The summed E-state index contributed by atoms with van der Waals surface area (Å²) in [6.07, 6.45) is 3.16. The van der Waals surface area contributed by atoms with Gasteiger partial charge in [0.1, 0.15) is 5.75 Å². The molecule has 132 valence electrons. The molecule has 0 atom stereocenters. The summed E-state index contributed by atoms with van der Waals surface area (Å²) in [5, 5.41) is 2.80. The fraction of sp³-hybridized carbons (Fsp3) is 0.211. The van der Waals surface area contributed by atoms with Crippen LogP contribution in [-0.2, 0) is 4.79 Å². The van der Waals surface area contributed by atoms with Gasteiger partial charge in [-0.25, -0.2) is 0 Å². The van der Waals surface area contributed by atoms with Crippen molar-refractivity contribution in [1.29, 1.82) is 0 Å². The molecule has 0 radical (unpaired) electrons. The molecule has 0 saturated carbocycles. The van der Waals surface area contributed by atoms with Crippen molar-refractivity contribution in [2.75, 3.05) is 26.1 Å². The molecule has 2 aromatic rings. The first-order valence-corrected chi connectivity index (χ1v) is 8.50. The van der Waals surface area contributed by atoms with Crippen LogP contribution in [0.25, 0.3) is 6.08 Å². The van der Waals surface area contributed by atoms with Crippen molar-refractivity contribution in [3.63, 3.8) is 0 Å². The van der Waals surface area contributed by atoms with Gasteiger partial charge in [0.15, 0.2) is 11.5 Å². The van der Waals surface area contributed by atoms with E-state index in [2.05, 4.69) is 21.2 Å². The number of amides is 1. The molecule has 25 heavy (non-hydrogen) atoms. The first-order chi connectivity index (χ1) is 12.1. The summed E-state index contributed by atoms with van der Waals surface area (Å²) >= 11 is 3.38. The Morgan fingerprint density at radius 1 is 1.08 bits per heavy atom.